The van der Waals surface area contributed by atoms with Crippen LogP contribution < -0.4 is 4.74 Å². The minimum absolute atomic E-state index is 0.149. The minimum Gasteiger partial charge on any atom is -0.496 e. The highest BCUT2D eigenvalue weighted by Gasteiger charge is 2.27. The van der Waals surface area contributed by atoms with Crippen LogP contribution >= 0.6 is 0 Å². The molecular formula is C22H27N3O2. The van der Waals surface area contributed by atoms with Gasteiger partial charge >= 0.3 is 0 Å². The molecule has 3 rings (SSSR count). The van der Waals surface area contributed by atoms with E-state index in [2.05, 4.69) is 49.1 Å². The first kappa shape index (κ1) is 19.0. The van der Waals surface area contributed by atoms with Gasteiger partial charge in [0.2, 0.25) is 0 Å². The summed E-state index contributed by atoms with van der Waals surface area (Å²) in [5.41, 5.74) is 6.30. The third kappa shape index (κ3) is 4.13. The lowest BCUT2D eigenvalue weighted by molar-refractivity contribution is 0.0836. The van der Waals surface area contributed by atoms with Gasteiger partial charge in [-0.05, 0) is 38.0 Å². The van der Waals surface area contributed by atoms with E-state index in [1.54, 1.807) is 7.11 Å². The third-order valence-corrected chi connectivity index (χ3v) is 4.91. The highest BCUT2D eigenvalue weighted by molar-refractivity contribution is 6.02. The van der Waals surface area contributed by atoms with Gasteiger partial charge in [0.05, 0.1) is 24.8 Å². The summed E-state index contributed by atoms with van der Waals surface area (Å²) in [7, 11) is 3.68. The summed E-state index contributed by atoms with van der Waals surface area (Å²) in [6.45, 7) is 7.15. The lowest BCUT2D eigenvalue weighted by atomic mass is 9.96. The molecule has 0 aromatic heterocycles. The molecule has 0 fully saturated rings. The Bertz CT molecular complexity index is 874. The van der Waals surface area contributed by atoms with Gasteiger partial charge in [-0.1, -0.05) is 29.4 Å². The summed E-state index contributed by atoms with van der Waals surface area (Å²) in [6, 6.07) is 12.3. The van der Waals surface area contributed by atoms with Gasteiger partial charge in [-0.25, -0.2) is 4.99 Å². The average molecular weight is 365 g/mol. The van der Waals surface area contributed by atoms with Crippen molar-refractivity contribution in [2.24, 2.45) is 10.1 Å². The molecule has 5 nitrogen and oxygen atoms in total. The van der Waals surface area contributed by atoms with Gasteiger partial charge in [0.25, 0.3) is 0 Å². The SMILES string of the molecule is CCN(C)/C=N/c1cc(OC)c(C2CC(c3ccccc3C)=NO2)cc1C. The molecule has 0 radical (unpaired) electrons. The molecule has 0 saturated carbocycles. The molecule has 142 valence electrons. The lowest BCUT2D eigenvalue weighted by Gasteiger charge is -2.16. The number of methoxy groups -OCH3 is 1. The van der Waals surface area contributed by atoms with Gasteiger partial charge in [0, 0.05) is 37.2 Å². The molecule has 1 aliphatic rings. The van der Waals surface area contributed by atoms with Gasteiger partial charge in [0.15, 0.2) is 6.10 Å². The highest BCUT2D eigenvalue weighted by atomic mass is 16.6. The molecule has 0 aliphatic carbocycles. The molecule has 2 aromatic carbocycles. The highest BCUT2D eigenvalue weighted by Crippen LogP contribution is 2.39. The molecule has 5 heteroatoms. The van der Waals surface area contributed by atoms with E-state index in [0.29, 0.717) is 0 Å². The average Bonchev–Trinajstić information content (AvgIpc) is 3.16. The Morgan fingerprint density at radius 2 is 2.04 bits per heavy atom. The molecule has 0 saturated heterocycles. The zero-order valence-electron chi connectivity index (χ0n) is 16.7. The van der Waals surface area contributed by atoms with Crippen molar-refractivity contribution in [3.8, 4) is 5.75 Å². The summed E-state index contributed by atoms with van der Waals surface area (Å²) in [5, 5.41) is 4.35. The maximum atomic E-state index is 5.78. The molecule has 1 unspecified atom stereocenters. The van der Waals surface area contributed by atoms with Crippen LogP contribution in [0, 0.1) is 13.8 Å². The van der Waals surface area contributed by atoms with E-state index in [1.807, 2.05) is 36.5 Å². The minimum atomic E-state index is -0.149. The number of nitrogens with zero attached hydrogens (tertiary/aromatic N) is 3. The second kappa shape index (κ2) is 8.25. The Hall–Kier alpha value is -2.82. The fraction of sp³-hybridized carbons (Fsp3) is 0.364. The number of hydrogen-bond donors (Lipinski definition) is 0. The van der Waals surface area contributed by atoms with Crippen LogP contribution in [0.3, 0.4) is 0 Å². The maximum absolute atomic E-state index is 5.78. The van der Waals surface area contributed by atoms with E-state index in [1.165, 1.54) is 5.56 Å². The monoisotopic (exact) mass is 365 g/mol. The molecule has 0 amide bonds. The topological polar surface area (TPSA) is 46.4 Å². The molecule has 0 bridgehead atoms. The molecule has 27 heavy (non-hydrogen) atoms. The van der Waals surface area contributed by atoms with Crippen molar-refractivity contribution in [3.63, 3.8) is 0 Å². The number of hydrogen-bond acceptors (Lipinski definition) is 4. The van der Waals surface area contributed by atoms with Crippen LogP contribution in [0.4, 0.5) is 5.69 Å². The lowest BCUT2D eigenvalue weighted by Crippen LogP contribution is -2.14. The van der Waals surface area contributed by atoms with Gasteiger partial charge < -0.3 is 14.5 Å². The van der Waals surface area contributed by atoms with Crippen molar-refractivity contribution in [2.45, 2.75) is 33.3 Å². The molecule has 2 aromatic rings. The van der Waals surface area contributed by atoms with Crippen LogP contribution in [0.25, 0.3) is 0 Å². The van der Waals surface area contributed by atoms with E-state index >= 15 is 0 Å². The summed E-state index contributed by atoms with van der Waals surface area (Å²) >= 11 is 0. The zero-order valence-corrected chi connectivity index (χ0v) is 16.7. The van der Waals surface area contributed by atoms with Crippen LogP contribution in [0.5, 0.6) is 5.75 Å². The normalized spacial score (nSPS) is 16.3. The smallest absolute Gasteiger partial charge is 0.161 e. The van der Waals surface area contributed by atoms with E-state index in [9.17, 15) is 0 Å². The van der Waals surface area contributed by atoms with Crippen molar-refractivity contribution in [1.29, 1.82) is 0 Å². The van der Waals surface area contributed by atoms with Crippen LogP contribution in [0.1, 0.15) is 41.7 Å². The van der Waals surface area contributed by atoms with E-state index in [0.717, 1.165) is 46.8 Å². The van der Waals surface area contributed by atoms with Crippen LogP contribution in [0.15, 0.2) is 46.5 Å². The Kier molecular flexibility index (Phi) is 5.79. The first-order chi connectivity index (χ1) is 13.0. The van der Waals surface area contributed by atoms with Crippen molar-refractivity contribution >= 4 is 17.7 Å². The van der Waals surface area contributed by atoms with Gasteiger partial charge in [-0.15, -0.1) is 0 Å². The van der Waals surface area contributed by atoms with Gasteiger partial charge in [0.1, 0.15) is 5.75 Å². The molecule has 0 N–H and O–H groups in total. The third-order valence-electron chi connectivity index (χ3n) is 4.91. The zero-order chi connectivity index (χ0) is 19.4. The number of aryl methyl sites for hydroxylation is 2. The summed E-state index contributed by atoms with van der Waals surface area (Å²) in [5.74, 6) is 0.776. The van der Waals surface area contributed by atoms with E-state index in [4.69, 9.17) is 9.57 Å². The van der Waals surface area contributed by atoms with Crippen molar-refractivity contribution in [1.82, 2.24) is 4.90 Å². The van der Waals surface area contributed by atoms with Gasteiger partial charge in [-0.3, -0.25) is 0 Å². The van der Waals surface area contributed by atoms with Crippen molar-refractivity contribution in [2.75, 3.05) is 20.7 Å². The van der Waals surface area contributed by atoms with E-state index < -0.39 is 0 Å². The molecule has 1 aliphatic heterocycles. The van der Waals surface area contributed by atoms with Crippen LogP contribution in [0.2, 0.25) is 0 Å². The maximum Gasteiger partial charge on any atom is 0.161 e. The Balaban J connectivity index is 1.85. The quantitative estimate of drug-likeness (QED) is 0.546. The predicted molar refractivity (Wildman–Crippen MR) is 110 cm³/mol. The molecular weight excluding hydrogens is 338 g/mol. The summed E-state index contributed by atoms with van der Waals surface area (Å²) in [6.07, 6.45) is 2.42. The fourth-order valence-corrected chi connectivity index (χ4v) is 3.11. The number of ether oxygens (including phenoxy) is 1. The van der Waals surface area contributed by atoms with E-state index in [-0.39, 0.29) is 6.10 Å². The van der Waals surface area contributed by atoms with Crippen molar-refractivity contribution in [3.05, 3.63) is 58.7 Å². The first-order valence-corrected chi connectivity index (χ1v) is 9.25. The number of rotatable bonds is 6. The number of benzene rings is 2. The summed E-state index contributed by atoms with van der Waals surface area (Å²) < 4.78 is 5.63. The van der Waals surface area contributed by atoms with Crippen LogP contribution in [-0.2, 0) is 4.84 Å². The largest absolute Gasteiger partial charge is 0.496 e. The molecule has 1 heterocycles. The first-order valence-electron chi connectivity index (χ1n) is 9.25. The number of oxime groups is 1. The molecule has 0 spiro atoms. The van der Waals surface area contributed by atoms with Crippen molar-refractivity contribution < 1.29 is 9.57 Å². The fourth-order valence-electron chi connectivity index (χ4n) is 3.11. The second-order valence-corrected chi connectivity index (χ2v) is 6.85. The number of aliphatic imine (C=N–C) groups is 1. The Labute approximate surface area is 161 Å². The van der Waals surface area contributed by atoms with Crippen LogP contribution in [-0.4, -0.2) is 37.7 Å². The van der Waals surface area contributed by atoms with Gasteiger partial charge in [-0.2, -0.15) is 0 Å². The standard InChI is InChI=1S/C22H27N3O2/c1-6-25(4)14-23-19-12-21(26-5)18(11-16(19)3)22-13-20(24-27-22)17-10-8-7-9-15(17)2/h7-12,14,22H,6,13H2,1-5H3/b23-14+. The predicted octanol–water partition coefficient (Wildman–Crippen LogP) is 4.79. The Morgan fingerprint density at radius 3 is 2.74 bits per heavy atom. The summed E-state index contributed by atoms with van der Waals surface area (Å²) in [4.78, 5) is 12.4. The molecule has 1 atom stereocenters. The second-order valence-electron chi connectivity index (χ2n) is 6.85. The Morgan fingerprint density at radius 1 is 1.26 bits per heavy atom.